The minimum Gasteiger partial charge on any atom is -0.508 e. The first-order valence-electron chi connectivity index (χ1n) is 7.32. The summed E-state index contributed by atoms with van der Waals surface area (Å²) in [5.41, 5.74) is 3.05. The van der Waals surface area contributed by atoms with E-state index in [1.807, 2.05) is 6.07 Å². The van der Waals surface area contributed by atoms with Crippen LogP contribution in [-0.2, 0) is 13.0 Å². The Balaban J connectivity index is 1.73. The van der Waals surface area contributed by atoms with Crippen molar-refractivity contribution in [3.05, 3.63) is 53.6 Å². The van der Waals surface area contributed by atoms with E-state index in [2.05, 4.69) is 9.64 Å². The first-order chi connectivity index (χ1) is 10.9. The van der Waals surface area contributed by atoms with Crippen molar-refractivity contribution >= 4 is 5.69 Å². The number of ether oxygens (including phenoxy) is 1. The first kappa shape index (κ1) is 15.5. The number of phenols is 1. The van der Waals surface area contributed by atoms with E-state index >= 15 is 0 Å². The Kier molecular flexibility index (Phi) is 4.07. The third-order valence-electron chi connectivity index (χ3n) is 3.81. The molecule has 0 radical (unpaired) electrons. The lowest BCUT2D eigenvalue weighted by atomic mass is 10.0. The quantitative estimate of drug-likeness (QED) is 0.917. The van der Waals surface area contributed by atoms with Crippen LogP contribution in [0.3, 0.4) is 0 Å². The van der Waals surface area contributed by atoms with E-state index in [1.54, 1.807) is 24.3 Å². The molecule has 0 saturated heterocycles. The Hall–Kier alpha value is -2.37. The van der Waals surface area contributed by atoms with Gasteiger partial charge in [-0.3, -0.25) is 0 Å². The molecule has 0 atom stereocenters. The number of phenolic OH excluding ortho intramolecular Hbond substituents is 1. The van der Waals surface area contributed by atoms with Crippen molar-refractivity contribution in [1.82, 2.24) is 0 Å². The van der Waals surface area contributed by atoms with Crippen LogP contribution in [0.2, 0.25) is 0 Å². The average molecular weight is 323 g/mol. The minimum absolute atomic E-state index is 0.217. The molecule has 0 unspecified atom stereocenters. The normalized spacial score (nSPS) is 14.5. The highest BCUT2D eigenvalue weighted by molar-refractivity contribution is 5.58. The van der Waals surface area contributed by atoms with E-state index in [0.29, 0.717) is 6.54 Å². The van der Waals surface area contributed by atoms with Crippen LogP contribution in [0.1, 0.15) is 17.5 Å². The minimum atomic E-state index is -4.67. The molecule has 0 amide bonds. The van der Waals surface area contributed by atoms with E-state index in [0.717, 1.165) is 36.2 Å². The van der Waals surface area contributed by atoms with Crippen molar-refractivity contribution in [2.24, 2.45) is 0 Å². The first-order valence-corrected chi connectivity index (χ1v) is 7.32. The Labute approximate surface area is 131 Å². The van der Waals surface area contributed by atoms with E-state index in [9.17, 15) is 18.3 Å². The number of alkyl halides is 3. The van der Waals surface area contributed by atoms with E-state index in [-0.39, 0.29) is 11.5 Å². The van der Waals surface area contributed by atoms with Crippen molar-refractivity contribution in [3.63, 3.8) is 0 Å². The molecule has 0 aliphatic carbocycles. The summed E-state index contributed by atoms with van der Waals surface area (Å²) in [6.45, 7) is 1.47. The van der Waals surface area contributed by atoms with Crippen molar-refractivity contribution in [1.29, 1.82) is 0 Å². The number of anilines is 1. The summed E-state index contributed by atoms with van der Waals surface area (Å²) in [7, 11) is 0. The van der Waals surface area contributed by atoms with Crippen LogP contribution in [-0.4, -0.2) is 18.0 Å². The lowest BCUT2D eigenvalue weighted by Crippen LogP contribution is -2.28. The summed E-state index contributed by atoms with van der Waals surface area (Å²) in [4.78, 5) is 2.16. The molecule has 3 rings (SSSR count). The fourth-order valence-electron chi connectivity index (χ4n) is 2.84. The Bertz CT molecular complexity index is 683. The topological polar surface area (TPSA) is 32.7 Å². The van der Waals surface area contributed by atoms with Gasteiger partial charge in [0.25, 0.3) is 0 Å². The molecule has 3 nitrogen and oxygen atoms in total. The van der Waals surface area contributed by atoms with Gasteiger partial charge in [0, 0.05) is 18.8 Å². The van der Waals surface area contributed by atoms with Crippen LogP contribution >= 0.6 is 0 Å². The van der Waals surface area contributed by atoms with Crippen molar-refractivity contribution in [2.75, 3.05) is 11.4 Å². The number of rotatable bonds is 3. The maximum atomic E-state index is 12.2. The highest BCUT2D eigenvalue weighted by atomic mass is 19.4. The third kappa shape index (κ3) is 3.88. The van der Waals surface area contributed by atoms with Crippen LogP contribution in [0.15, 0.2) is 42.5 Å². The van der Waals surface area contributed by atoms with Crippen molar-refractivity contribution in [3.8, 4) is 11.5 Å². The zero-order chi connectivity index (χ0) is 16.4. The number of halogens is 3. The predicted octanol–water partition coefficient (Wildman–Crippen LogP) is 4.24. The van der Waals surface area contributed by atoms with Crippen molar-refractivity contribution < 1.29 is 23.0 Å². The fraction of sp³-hybridized carbons (Fsp3) is 0.294. The number of fused-ring (bicyclic) bond motifs is 1. The standard InChI is InChI=1S/C17H16F3NO2/c18-17(19,20)23-15-6-3-12(4-7-15)11-21-9-1-2-13-10-14(22)5-8-16(13)21/h3-8,10,22H,1-2,9,11H2. The van der Waals surface area contributed by atoms with Gasteiger partial charge in [0.2, 0.25) is 0 Å². The molecule has 0 bridgehead atoms. The second-order valence-electron chi connectivity index (χ2n) is 5.53. The largest absolute Gasteiger partial charge is 0.573 e. The zero-order valence-corrected chi connectivity index (χ0v) is 12.3. The molecule has 2 aromatic carbocycles. The summed E-state index contributed by atoms with van der Waals surface area (Å²) in [6, 6.07) is 11.2. The summed E-state index contributed by atoms with van der Waals surface area (Å²) >= 11 is 0. The predicted molar refractivity (Wildman–Crippen MR) is 80.6 cm³/mol. The number of aryl methyl sites for hydroxylation is 1. The Morgan fingerprint density at radius 3 is 2.52 bits per heavy atom. The third-order valence-corrected chi connectivity index (χ3v) is 3.81. The lowest BCUT2D eigenvalue weighted by molar-refractivity contribution is -0.274. The van der Waals surface area contributed by atoms with Gasteiger partial charge in [0.1, 0.15) is 11.5 Å². The molecule has 1 aliphatic rings. The molecule has 1 N–H and O–H groups in total. The van der Waals surface area contributed by atoms with E-state index < -0.39 is 6.36 Å². The SMILES string of the molecule is Oc1ccc2c(c1)CCCN2Cc1ccc(OC(F)(F)F)cc1. The molecule has 122 valence electrons. The number of hydrogen-bond donors (Lipinski definition) is 1. The van der Waals surface area contributed by atoms with Crippen LogP contribution in [0, 0.1) is 0 Å². The molecule has 6 heteroatoms. The lowest BCUT2D eigenvalue weighted by Gasteiger charge is -2.31. The second-order valence-corrected chi connectivity index (χ2v) is 5.53. The molecule has 2 aromatic rings. The number of aromatic hydroxyl groups is 1. The van der Waals surface area contributed by atoms with Crippen LogP contribution in [0.25, 0.3) is 0 Å². The summed E-state index contributed by atoms with van der Waals surface area (Å²) in [6.07, 6.45) is -2.78. The Morgan fingerprint density at radius 2 is 1.83 bits per heavy atom. The molecular formula is C17H16F3NO2. The molecule has 0 spiro atoms. The summed E-state index contributed by atoms with van der Waals surface area (Å²) < 4.78 is 40.4. The summed E-state index contributed by atoms with van der Waals surface area (Å²) in [5, 5.41) is 9.56. The fourth-order valence-corrected chi connectivity index (χ4v) is 2.84. The molecule has 0 aromatic heterocycles. The van der Waals surface area contributed by atoms with Gasteiger partial charge in [0.15, 0.2) is 0 Å². The van der Waals surface area contributed by atoms with Gasteiger partial charge in [0.05, 0.1) is 0 Å². The van der Waals surface area contributed by atoms with Crippen LogP contribution in [0.4, 0.5) is 18.9 Å². The van der Waals surface area contributed by atoms with Crippen molar-refractivity contribution in [2.45, 2.75) is 25.7 Å². The molecule has 23 heavy (non-hydrogen) atoms. The van der Waals surface area contributed by atoms with Gasteiger partial charge >= 0.3 is 6.36 Å². The molecule has 1 aliphatic heterocycles. The number of benzene rings is 2. The van der Waals surface area contributed by atoms with Gasteiger partial charge in [-0.05, 0) is 54.3 Å². The monoisotopic (exact) mass is 323 g/mol. The molecule has 1 heterocycles. The highest BCUT2D eigenvalue weighted by Gasteiger charge is 2.31. The Morgan fingerprint density at radius 1 is 1.09 bits per heavy atom. The smallest absolute Gasteiger partial charge is 0.508 e. The van der Waals surface area contributed by atoms with Gasteiger partial charge in [-0.1, -0.05) is 12.1 Å². The maximum absolute atomic E-state index is 12.2. The van der Waals surface area contributed by atoms with Crippen LogP contribution < -0.4 is 9.64 Å². The van der Waals surface area contributed by atoms with Gasteiger partial charge in [-0.2, -0.15) is 0 Å². The molecule has 0 fully saturated rings. The molecular weight excluding hydrogens is 307 g/mol. The average Bonchev–Trinajstić information content (AvgIpc) is 2.48. The molecule has 0 saturated carbocycles. The summed E-state index contributed by atoms with van der Waals surface area (Å²) in [5.74, 6) is 0.0319. The zero-order valence-electron chi connectivity index (χ0n) is 12.3. The maximum Gasteiger partial charge on any atom is 0.573 e. The van der Waals surface area contributed by atoms with Gasteiger partial charge < -0.3 is 14.7 Å². The van der Waals surface area contributed by atoms with E-state index in [4.69, 9.17) is 0 Å². The second kappa shape index (κ2) is 6.02. The van der Waals surface area contributed by atoms with Crippen LogP contribution in [0.5, 0.6) is 11.5 Å². The van der Waals surface area contributed by atoms with Gasteiger partial charge in [-0.15, -0.1) is 13.2 Å². The van der Waals surface area contributed by atoms with E-state index in [1.165, 1.54) is 12.1 Å². The number of hydrogen-bond acceptors (Lipinski definition) is 3. The number of nitrogens with zero attached hydrogens (tertiary/aromatic N) is 1. The highest BCUT2D eigenvalue weighted by Crippen LogP contribution is 2.31. The van der Waals surface area contributed by atoms with Gasteiger partial charge in [-0.25, -0.2) is 0 Å².